The average Bonchev–Trinajstić information content (AvgIpc) is 2.98. The molecule has 0 unspecified atom stereocenters. The first kappa shape index (κ1) is 25.1. The van der Waals surface area contributed by atoms with E-state index in [0.717, 1.165) is 35.0 Å². The van der Waals surface area contributed by atoms with Crippen LogP contribution in [0, 0.1) is 13.8 Å². The molecule has 0 aliphatic carbocycles. The van der Waals surface area contributed by atoms with E-state index in [9.17, 15) is 18.0 Å². The molecule has 0 atom stereocenters. The summed E-state index contributed by atoms with van der Waals surface area (Å²) in [5, 5.41) is 9.78. The molecule has 0 aliphatic heterocycles. The number of hydrogen-bond donors (Lipinski definition) is 3. The maximum absolute atomic E-state index is 12.5. The van der Waals surface area contributed by atoms with Crippen molar-refractivity contribution in [1.29, 1.82) is 0 Å². The molecule has 6 nitrogen and oxygen atoms in total. The molecule has 1 amide bonds. The fraction of sp³-hybridized carbons (Fsp3) is 0.389. The summed E-state index contributed by atoms with van der Waals surface area (Å²) in [5.41, 5.74) is 0.395. The lowest BCUT2D eigenvalue weighted by Gasteiger charge is -2.12. The second kappa shape index (κ2) is 11.3. The maximum atomic E-state index is 12.5. The first-order valence-electron chi connectivity index (χ1n) is 8.53. The number of carbonyl (C=O) groups excluding carboxylic acids is 1. The highest BCUT2D eigenvalue weighted by Crippen LogP contribution is 2.29. The highest BCUT2D eigenvalue weighted by atomic mass is 127. The van der Waals surface area contributed by atoms with Crippen LogP contribution in [0.25, 0.3) is 0 Å². The third kappa shape index (κ3) is 7.80. The quantitative estimate of drug-likeness (QED) is 0.227. The number of benzene rings is 1. The fourth-order valence-corrected chi connectivity index (χ4v) is 3.14. The zero-order valence-electron chi connectivity index (χ0n) is 16.2. The number of aryl methyl sites for hydroxylation is 2. The van der Waals surface area contributed by atoms with E-state index in [0.29, 0.717) is 19.0 Å². The summed E-state index contributed by atoms with van der Waals surface area (Å²) in [6.07, 6.45) is -4.42. The van der Waals surface area contributed by atoms with E-state index >= 15 is 0 Å². The number of halogens is 4. The Labute approximate surface area is 188 Å². The lowest BCUT2D eigenvalue weighted by Crippen LogP contribution is -2.41. The van der Waals surface area contributed by atoms with Crippen LogP contribution in [0.2, 0.25) is 0 Å². The summed E-state index contributed by atoms with van der Waals surface area (Å²) in [6.45, 7) is 5.21. The predicted octanol–water partition coefficient (Wildman–Crippen LogP) is 3.49. The van der Waals surface area contributed by atoms with Gasteiger partial charge >= 0.3 is 6.18 Å². The second-order valence-electron chi connectivity index (χ2n) is 5.93. The van der Waals surface area contributed by atoms with Crippen molar-refractivity contribution in [2.24, 2.45) is 4.99 Å². The van der Waals surface area contributed by atoms with Crippen molar-refractivity contribution in [3.63, 3.8) is 0 Å². The van der Waals surface area contributed by atoms with Crippen molar-refractivity contribution in [3.05, 3.63) is 51.0 Å². The topological polar surface area (TPSA) is 78.4 Å². The lowest BCUT2D eigenvalue weighted by atomic mass is 10.1. The van der Waals surface area contributed by atoms with Gasteiger partial charge in [0.05, 0.1) is 17.8 Å². The molecule has 0 spiro atoms. The van der Waals surface area contributed by atoms with Gasteiger partial charge < -0.3 is 16.0 Å². The molecule has 11 heteroatoms. The lowest BCUT2D eigenvalue weighted by molar-refractivity contribution is -0.137. The summed E-state index contributed by atoms with van der Waals surface area (Å²) in [7, 11) is 1.63. The molecule has 0 radical (unpaired) electrons. The van der Waals surface area contributed by atoms with Crippen LogP contribution in [0.1, 0.15) is 31.5 Å². The minimum atomic E-state index is -4.42. The maximum Gasteiger partial charge on any atom is 0.416 e. The van der Waals surface area contributed by atoms with Gasteiger partial charge in [0, 0.05) is 30.6 Å². The summed E-state index contributed by atoms with van der Waals surface area (Å²) >= 11 is 1.62. The Balaban J connectivity index is 0.00000420. The van der Waals surface area contributed by atoms with Gasteiger partial charge in [-0.3, -0.25) is 9.79 Å². The summed E-state index contributed by atoms with van der Waals surface area (Å²) < 4.78 is 37.6. The minimum Gasteiger partial charge on any atom is -0.355 e. The smallest absolute Gasteiger partial charge is 0.355 e. The number of amides is 1. The Bertz CT molecular complexity index is 818. The number of nitrogens with zero attached hydrogens (tertiary/aromatic N) is 2. The van der Waals surface area contributed by atoms with Gasteiger partial charge in [-0.05, 0) is 38.1 Å². The van der Waals surface area contributed by atoms with Crippen LogP contribution < -0.4 is 16.0 Å². The third-order valence-corrected chi connectivity index (χ3v) is 4.95. The van der Waals surface area contributed by atoms with E-state index in [1.807, 2.05) is 13.8 Å². The molecule has 0 fully saturated rings. The largest absolute Gasteiger partial charge is 0.416 e. The Morgan fingerprint density at radius 2 is 1.72 bits per heavy atom. The van der Waals surface area contributed by atoms with E-state index < -0.39 is 17.6 Å². The van der Waals surface area contributed by atoms with E-state index in [4.69, 9.17) is 0 Å². The molecule has 0 aliphatic rings. The van der Waals surface area contributed by atoms with Crippen LogP contribution in [0.3, 0.4) is 0 Å². The standard InChI is InChI=1S/C18H22F3N5OS.HI/c1-11-12(2)28-15(26-11)10-25-17(22-3)24-9-8-23-16(27)13-4-6-14(7-5-13)18(19,20)21;/h4-7H,8-10H2,1-3H3,(H,23,27)(H2,22,24,25);1H. The van der Waals surface area contributed by atoms with Crippen molar-refractivity contribution in [3.8, 4) is 0 Å². The van der Waals surface area contributed by atoms with Crippen molar-refractivity contribution in [1.82, 2.24) is 20.9 Å². The van der Waals surface area contributed by atoms with Gasteiger partial charge in [0.2, 0.25) is 0 Å². The first-order chi connectivity index (χ1) is 13.2. The number of aromatic nitrogens is 1. The highest BCUT2D eigenvalue weighted by Gasteiger charge is 2.30. The van der Waals surface area contributed by atoms with E-state index in [1.54, 1.807) is 18.4 Å². The number of alkyl halides is 3. The van der Waals surface area contributed by atoms with Crippen LogP contribution in [0.4, 0.5) is 13.2 Å². The molecule has 160 valence electrons. The zero-order valence-corrected chi connectivity index (χ0v) is 19.3. The number of guanidine groups is 1. The van der Waals surface area contributed by atoms with Gasteiger partial charge in [-0.2, -0.15) is 13.2 Å². The van der Waals surface area contributed by atoms with Gasteiger partial charge in [-0.25, -0.2) is 4.98 Å². The summed E-state index contributed by atoms with van der Waals surface area (Å²) in [6, 6.07) is 4.09. The van der Waals surface area contributed by atoms with Crippen molar-refractivity contribution < 1.29 is 18.0 Å². The van der Waals surface area contributed by atoms with Crippen molar-refractivity contribution >= 4 is 47.2 Å². The third-order valence-electron chi connectivity index (χ3n) is 3.88. The van der Waals surface area contributed by atoms with Crippen LogP contribution in [0.5, 0.6) is 0 Å². The van der Waals surface area contributed by atoms with Crippen molar-refractivity contribution in [2.75, 3.05) is 20.1 Å². The highest BCUT2D eigenvalue weighted by molar-refractivity contribution is 14.0. The molecule has 0 saturated heterocycles. The summed E-state index contributed by atoms with van der Waals surface area (Å²) in [5.74, 6) is 0.126. The monoisotopic (exact) mass is 541 g/mol. The van der Waals surface area contributed by atoms with Gasteiger partial charge in [-0.1, -0.05) is 0 Å². The molecule has 2 rings (SSSR count). The Hall–Kier alpha value is -1.89. The molecule has 29 heavy (non-hydrogen) atoms. The molecule has 1 heterocycles. The predicted molar refractivity (Wildman–Crippen MR) is 119 cm³/mol. The molecule has 3 N–H and O–H groups in total. The first-order valence-corrected chi connectivity index (χ1v) is 9.35. The van der Waals surface area contributed by atoms with Gasteiger partial charge in [-0.15, -0.1) is 35.3 Å². The van der Waals surface area contributed by atoms with Gasteiger partial charge in [0.25, 0.3) is 5.91 Å². The Morgan fingerprint density at radius 1 is 1.10 bits per heavy atom. The minimum absolute atomic E-state index is 0. The molecule has 1 aromatic carbocycles. The molecular weight excluding hydrogens is 518 g/mol. The van der Waals surface area contributed by atoms with Crippen LogP contribution >= 0.6 is 35.3 Å². The zero-order chi connectivity index (χ0) is 20.7. The van der Waals surface area contributed by atoms with Crippen LogP contribution in [-0.2, 0) is 12.7 Å². The Kier molecular flexibility index (Phi) is 9.83. The molecule has 1 aromatic heterocycles. The number of nitrogens with one attached hydrogen (secondary N) is 3. The van der Waals surface area contributed by atoms with Gasteiger partial charge in [0.15, 0.2) is 5.96 Å². The normalized spacial score (nSPS) is 11.6. The summed E-state index contributed by atoms with van der Waals surface area (Å²) in [4.78, 5) is 21.7. The second-order valence-corrected chi connectivity index (χ2v) is 7.22. The average molecular weight is 541 g/mol. The van der Waals surface area contributed by atoms with E-state index in [1.165, 1.54) is 4.88 Å². The number of rotatable bonds is 6. The Morgan fingerprint density at radius 3 is 2.24 bits per heavy atom. The van der Waals surface area contributed by atoms with Crippen LogP contribution in [0.15, 0.2) is 29.3 Å². The number of aliphatic imine (C=N–C) groups is 1. The van der Waals surface area contributed by atoms with E-state index in [-0.39, 0.29) is 36.1 Å². The molecule has 2 aromatic rings. The number of thiazole rings is 1. The van der Waals surface area contributed by atoms with E-state index in [2.05, 4.69) is 25.9 Å². The SMILES string of the molecule is CN=C(NCCNC(=O)c1ccc(C(F)(F)F)cc1)NCc1nc(C)c(C)s1.I. The molecule has 0 bridgehead atoms. The van der Waals surface area contributed by atoms with Crippen molar-refractivity contribution in [2.45, 2.75) is 26.6 Å². The van der Waals surface area contributed by atoms with Crippen LogP contribution in [-0.4, -0.2) is 37.0 Å². The number of hydrogen-bond acceptors (Lipinski definition) is 4. The fourth-order valence-electron chi connectivity index (χ4n) is 2.26. The van der Waals surface area contributed by atoms with Gasteiger partial charge in [0.1, 0.15) is 5.01 Å². The number of carbonyl (C=O) groups is 1. The molecular formula is C18H23F3IN5OS. The molecule has 0 saturated carbocycles.